The molecule has 0 aliphatic heterocycles. The van der Waals surface area contributed by atoms with Crippen molar-refractivity contribution in [2.24, 2.45) is 0 Å². The summed E-state index contributed by atoms with van der Waals surface area (Å²) in [5, 5.41) is 0.408. The average Bonchev–Trinajstić information content (AvgIpc) is 2.40. The van der Waals surface area contributed by atoms with Crippen LogP contribution in [0.3, 0.4) is 0 Å². The maximum atomic E-state index is 12.0. The average molecular weight is 296 g/mol. The van der Waals surface area contributed by atoms with Crippen LogP contribution in [0.4, 0.5) is 0 Å². The summed E-state index contributed by atoms with van der Waals surface area (Å²) in [5.74, 6) is 0. The second-order valence-electron chi connectivity index (χ2n) is 4.09. The third-order valence-corrected chi connectivity index (χ3v) is 4.35. The molecule has 0 amide bonds. The predicted octanol–water partition coefficient (Wildman–Crippen LogP) is 2.86. The zero-order valence-electron chi connectivity index (χ0n) is 10.2. The Morgan fingerprint density at radius 2 is 1.74 bits per heavy atom. The molecule has 2 rings (SSSR count). The minimum atomic E-state index is -3.49. The topological polar surface area (TPSA) is 46.2 Å². The molecule has 0 fully saturated rings. The lowest BCUT2D eigenvalue weighted by molar-refractivity contribution is 0.581. The Morgan fingerprint density at radius 1 is 1.00 bits per heavy atom. The summed E-state index contributed by atoms with van der Waals surface area (Å²) in [4.78, 5) is 0.188. The third kappa shape index (κ3) is 4.06. The standard InChI is InChI=1S/C14H14ClNO2S/c15-13-7-4-8-14(11-13)19(17,18)16-10-9-12-5-2-1-3-6-12/h1-8,11,16H,9-10H2. The number of hydrogen-bond donors (Lipinski definition) is 1. The summed E-state index contributed by atoms with van der Waals surface area (Å²) in [6, 6.07) is 15.9. The van der Waals surface area contributed by atoms with E-state index in [4.69, 9.17) is 11.6 Å². The molecule has 0 heterocycles. The van der Waals surface area contributed by atoms with Gasteiger partial charge in [0.25, 0.3) is 0 Å². The van der Waals surface area contributed by atoms with Gasteiger partial charge in [0.15, 0.2) is 0 Å². The molecule has 0 spiro atoms. The van der Waals surface area contributed by atoms with Gasteiger partial charge in [-0.1, -0.05) is 48.0 Å². The van der Waals surface area contributed by atoms with E-state index in [9.17, 15) is 8.42 Å². The van der Waals surface area contributed by atoms with Crippen molar-refractivity contribution >= 4 is 21.6 Å². The van der Waals surface area contributed by atoms with E-state index in [-0.39, 0.29) is 4.90 Å². The zero-order valence-corrected chi connectivity index (χ0v) is 11.8. The van der Waals surface area contributed by atoms with Crippen LogP contribution in [0.15, 0.2) is 59.5 Å². The van der Waals surface area contributed by atoms with Gasteiger partial charge < -0.3 is 0 Å². The smallest absolute Gasteiger partial charge is 0.211 e. The number of nitrogens with one attached hydrogen (secondary N) is 1. The van der Waals surface area contributed by atoms with Gasteiger partial charge in [-0.05, 0) is 30.2 Å². The summed E-state index contributed by atoms with van der Waals surface area (Å²) >= 11 is 5.79. The van der Waals surface area contributed by atoms with Gasteiger partial charge in [0.05, 0.1) is 4.90 Å². The number of benzene rings is 2. The molecule has 0 aliphatic rings. The molecule has 0 saturated heterocycles. The minimum Gasteiger partial charge on any atom is -0.211 e. The van der Waals surface area contributed by atoms with Crippen LogP contribution >= 0.6 is 11.6 Å². The van der Waals surface area contributed by atoms with Crippen molar-refractivity contribution in [3.8, 4) is 0 Å². The highest BCUT2D eigenvalue weighted by atomic mass is 35.5. The molecule has 0 bridgehead atoms. The first kappa shape index (κ1) is 14.1. The minimum absolute atomic E-state index is 0.188. The third-order valence-electron chi connectivity index (χ3n) is 2.65. The largest absolute Gasteiger partial charge is 0.240 e. The Labute approximate surface area is 118 Å². The molecule has 5 heteroatoms. The van der Waals surface area contributed by atoms with Crippen molar-refractivity contribution in [3.05, 3.63) is 65.2 Å². The monoisotopic (exact) mass is 295 g/mol. The lowest BCUT2D eigenvalue weighted by Gasteiger charge is -2.07. The van der Waals surface area contributed by atoms with Gasteiger partial charge in [0, 0.05) is 11.6 Å². The second kappa shape index (κ2) is 6.19. The van der Waals surface area contributed by atoms with Gasteiger partial charge in [0.2, 0.25) is 10.0 Å². The van der Waals surface area contributed by atoms with Crippen LogP contribution in [-0.2, 0) is 16.4 Å². The fraction of sp³-hybridized carbons (Fsp3) is 0.143. The molecular formula is C14H14ClNO2S. The van der Waals surface area contributed by atoms with E-state index in [2.05, 4.69) is 4.72 Å². The molecule has 0 saturated carbocycles. The Morgan fingerprint density at radius 3 is 2.42 bits per heavy atom. The van der Waals surface area contributed by atoms with Gasteiger partial charge in [-0.15, -0.1) is 0 Å². The molecule has 2 aromatic rings. The van der Waals surface area contributed by atoms with Gasteiger partial charge >= 0.3 is 0 Å². The highest BCUT2D eigenvalue weighted by molar-refractivity contribution is 7.89. The molecule has 1 N–H and O–H groups in total. The molecule has 3 nitrogen and oxygen atoms in total. The number of sulfonamides is 1. The Balaban J connectivity index is 1.99. The summed E-state index contributed by atoms with van der Waals surface area (Å²) in [7, 11) is -3.49. The van der Waals surface area contributed by atoms with E-state index < -0.39 is 10.0 Å². The molecule has 0 atom stereocenters. The fourth-order valence-corrected chi connectivity index (χ4v) is 3.02. The van der Waals surface area contributed by atoms with Crippen LogP contribution in [0, 0.1) is 0 Å². The number of rotatable bonds is 5. The lowest BCUT2D eigenvalue weighted by atomic mass is 10.2. The molecule has 0 unspecified atom stereocenters. The first-order valence-corrected chi connectivity index (χ1v) is 7.73. The molecule has 19 heavy (non-hydrogen) atoms. The van der Waals surface area contributed by atoms with Gasteiger partial charge in [-0.2, -0.15) is 0 Å². The summed E-state index contributed by atoms with van der Waals surface area (Å²) in [6.07, 6.45) is 0.653. The molecule has 0 radical (unpaired) electrons. The number of hydrogen-bond acceptors (Lipinski definition) is 2. The summed E-state index contributed by atoms with van der Waals surface area (Å²) in [5.41, 5.74) is 1.09. The predicted molar refractivity (Wildman–Crippen MR) is 76.8 cm³/mol. The van der Waals surface area contributed by atoms with E-state index in [0.717, 1.165) is 5.56 Å². The highest BCUT2D eigenvalue weighted by Crippen LogP contribution is 2.15. The van der Waals surface area contributed by atoms with E-state index >= 15 is 0 Å². The Bertz CT molecular complexity index is 642. The van der Waals surface area contributed by atoms with E-state index in [1.807, 2.05) is 30.3 Å². The van der Waals surface area contributed by atoms with Crippen LogP contribution < -0.4 is 4.72 Å². The maximum Gasteiger partial charge on any atom is 0.240 e. The highest BCUT2D eigenvalue weighted by Gasteiger charge is 2.13. The Kier molecular flexibility index (Phi) is 4.58. The fourth-order valence-electron chi connectivity index (χ4n) is 1.69. The Hall–Kier alpha value is -1.36. The van der Waals surface area contributed by atoms with Gasteiger partial charge in [0.1, 0.15) is 0 Å². The molecule has 100 valence electrons. The van der Waals surface area contributed by atoms with E-state index in [1.54, 1.807) is 12.1 Å². The molecule has 2 aromatic carbocycles. The van der Waals surface area contributed by atoms with Crippen molar-refractivity contribution in [1.29, 1.82) is 0 Å². The van der Waals surface area contributed by atoms with Gasteiger partial charge in [-0.25, -0.2) is 13.1 Å². The zero-order chi connectivity index (χ0) is 13.7. The first-order valence-electron chi connectivity index (χ1n) is 5.87. The molecule has 0 aromatic heterocycles. The maximum absolute atomic E-state index is 12.0. The summed E-state index contributed by atoms with van der Waals surface area (Å²) < 4.78 is 26.6. The molecule has 0 aliphatic carbocycles. The van der Waals surface area contributed by atoms with Crippen molar-refractivity contribution in [2.75, 3.05) is 6.54 Å². The van der Waals surface area contributed by atoms with Crippen molar-refractivity contribution < 1.29 is 8.42 Å². The van der Waals surface area contributed by atoms with Crippen LogP contribution in [0.25, 0.3) is 0 Å². The second-order valence-corrected chi connectivity index (χ2v) is 6.29. The summed E-state index contributed by atoms with van der Waals surface area (Å²) in [6.45, 7) is 0.360. The first-order chi connectivity index (χ1) is 9.08. The van der Waals surface area contributed by atoms with Crippen LogP contribution in [0.2, 0.25) is 5.02 Å². The van der Waals surface area contributed by atoms with E-state index in [1.165, 1.54) is 12.1 Å². The molecular weight excluding hydrogens is 282 g/mol. The van der Waals surface area contributed by atoms with Crippen LogP contribution in [0.1, 0.15) is 5.56 Å². The lowest BCUT2D eigenvalue weighted by Crippen LogP contribution is -2.25. The van der Waals surface area contributed by atoms with Crippen molar-refractivity contribution in [2.45, 2.75) is 11.3 Å². The quantitative estimate of drug-likeness (QED) is 0.922. The van der Waals surface area contributed by atoms with E-state index in [0.29, 0.717) is 18.0 Å². The van der Waals surface area contributed by atoms with Crippen LogP contribution in [0.5, 0.6) is 0 Å². The SMILES string of the molecule is O=S(=O)(NCCc1ccccc1)c1cccc(Cl)c1. The van der Waals surface area contributed by atoms with Crippen molar-refractivity contribution in [3.63, 3.8) is 0 Å². The van der Waals surface area contributed by atoms with Crippen molar-refractivity contribution in [1.82, 2.24) is 4.72 Å². The number of halogens is 1. The normalized spacial score (nSPS) is 11.4. The van der Waals surface area contributed by atoms with Gasteiger partial charge in [-0.3, -0.25) is 0 Å². The van der Waals surface area contributed by atoms with Crippen LogP contribution in [-0.4, -0.2) is 15.0 Å².